The van der Waals surface area contributed by atoms with E-state index in [2.05, 4.69) is 10.6 Å². The Morgan fingerprint density at radius 2 is 2.27 bits per heavy atom. The molecule has 1 rings (SSSR count). The Balaban J connectivity index is 1.78. The van der Waals surface area contributed by atoms with Crippen LogP contribution in [-0.2, 0) is 4.74 Å². The second kappa shape index (κ2) is 7.48. The normalized spacial score (nSPS) is 20.4. The Bertz CT molecular complexity index is 182. The number of amides is 2. The quantitative estimate of drug-likeness (QED) is 0.531. The van der Waals surface area contributed by atoms with E-state index in [9.17, 15) is 4.79 Å². The van der Waals surface area contributed by atoms with Crippen molar-refractivity contribution < 1.29 is 9.53 Å². The first kappa shape index (κ1) is 12.3. The van der Waals surface area contributed by atoms with Gasteiger partial charge in [-0.3, -0.25) is 0 Å². The Labute approximate surface area is 90.7 Å². The molecular weight excluding hydrogens is 194 g/mol. The first-order valence-electron chi connectivity index (χ1n) is 5.64. The van der Waals surface area contributed by atoms with E-state index in [1.54, 1.807) is 0 Å². The third-order valence-electron chi connectivity index (χ3n) is 2.50. The number of urea groups is 1. The van der Waals surface area contributed by atoms with Crippen molar-refractivity contribution in [3.63, 3.8) is 0 Å². The molecule has 88 valence electrons. The molecule has 0 bridgehead atoms. The molecule has 5 nitrogen and oxygen atoms in total. The van der Waals surface area contributed by atoms with Gasteiger partial charge in [0.05, 0.1) is 6.10 Å². The highest BCUT2D eigenvalue weighted by atomic mass is 16.5. The summed E-state index contributed by atoms with van der Waals surface area (Å²) in [5.41, 5.74) is 4.92. The highest BCUT2D eigenvalue weighted by molar-refractivity contribution is 5.71. The molecule has 0 aromatic heterocycles. The molecule has 0 aromatic carbocycles. The van der Waals surface area contributed by atoms with Crippen LogP contribution in [0.2, 0.25) is 0 Å². The molecule has 15 heavy (non-hydrogen) atoms. The Hall–Kier alpha value is -0.810. The fourth-order valence-electron chi connectivity index (χ4n) is 1.73. The summed E-state index contributed by atoms with van der Waals surface area (Å²) in [5, 5.41) is 5.77. The second-order valence-corrected chi connectivity index (χ2v) is 3.82. The number of hydrogen-bond donors (Lipinski definition) is 3. The molecule has 4 N–H and O–H groups in total. The molecule has 1 saturated heterocycles. The molecule has 1 atom stereocenters. The van der Waals surface area contributed by atoms with Crippen LogP contribution in [-0.4, -0.2) is 38.4 Å². The zero-order valence-corrected chi connectivity index (χ0v) is 9.13. The average molecular weight is 215 g/mol. The van der Waals surface area contributed by atoms with E-state index in [1.807, 2.05) is 0 Å². The van der Waals surface area contributed by atoms with Crippen molar-refractivity contribution in [3.8, 4) is 0 Å². The summed E-state index contributed by atoms with van der Waals surface area (Å²) in [5.74, 6) is 0. The molecule has 0 saturated carbocycles. The number of nitrogens with two attached hydrogens (primary N) is 1. The number of carbonyl (C=O) groups excluding carboxylic acids is 1. The fraction of sp³-hybridized carbons (Fsp3) is 0.900. The van der Waals surface area contributed by atoms with E-state index < -0.39 is 6.03 Å². The van der Waals surface area contributed by atoms with Crippen LogP contribution < -0.4 is 16.4 Å². The van der Waals surface area contributed by atoms with Gasteiger partial charge in [0, 0.05) is 19.7 Å². The summed E-state index contributed by atoms with van der Waals surface area (Å²) in [6, 6.07) is -0.462. The summed E-state index contributed by atoms with van der Waals surface area (Å²) < 4.78 is 5.51. The molecule has 1 heterocycles. The standard InChI is InChI=1S/C10H21N3O2/c11-10(14)13-7-6-12-5-1-3-9-4-2-8-15-9/h9,12H,1-8H2,(H3,11,13,14). The number of primary amides is 1. The highest BCUT2D eigenvalue weighted by Crippen LogP contribution is 2.16. The van der Waals surface area contributed by atoms with Gasteiger partial charge in [0.2, 0.25) is 0 Å². The van der Waals surface area contributed by atoms with E-state index in [-0.39, 0.29) is 0 Å². The first-order valence-corrected chi connectivity index (χ1v) is 5.64. The van der Waals surface area contributed by atoms with Gasteiger partial charge in [-0.1, -0.05) is 0 Å². The Morgan fingerprint density at radius 3 is 2.93 bits per heavy atom. The molecule has 1 unspecified atom stereocenters. The van der Waals surface area contributed by atoms with E-state index in [0.717, 1.165) is 32.5 Å². The van der Waals surface area contributed by atoms with Crippen molar-refractivity contribution in [1.29, 1.82) is 0 Å². The van der Waals surface area contributed by atoms with Gasteiger partial charge >= 0.3 is 6.03 Å². The van der Waals surface area contributed by atoms with Crippen LogP contribution in [0.25, 0.3) is 0 Å². The molecular formula is C10H21N3O2. The van der Waals surface area contributed by atoms with Gasteiger partial charge in [-0.15, -0.1) is 0 Å². The van der Waals surface area contributed by atoms with Crippen LogP contribution in [0.1, 0.15) is 25.7 Å². The minimum absolute atomic E-state index is 0.462. The van der Waals surface area contributed by atoms with Gasteiger partial charge in [0.1, 0.15) is 0 Å². The van der Waals surface area contributed by atoms with Crippen LogP contribution in [0.5, 0.6) is 0 Å². The Morgan fingerprint density at radius 1 is 1.40 bits per heavy atom. The number of hydrogen-bond acceptors (Lipinski definition) is 3. The highest BCUT2D eigenvalue weighted by Gasteiger charge is 2.13. The third-order valence-corrected chi connectivity index (χ3v) is 2.50. The smallest absolute Gasteiger partial charge is 0.312 e. The number of ether oxygens (including phenoxy) is 1. The largest absolute Gasteiger partial charge is 0.378 e. The minimum atomic E-state index is -0.462. The van der Waals surface area contributed by atoms with Crippen molar-refractivity contribution in [2.75, 3.05) is 26.2 Å². The molecule has 1 aliphatic heterocycles. The van der Waals surface area contributed by atoms with Crippen LogP contribution in [0.4, 0.5) is 4.79 Å². The number of rotatable bonds is 7. The molecule has 0 spiro atoms. The van der Waals surface area contributed by atoms with E-state index >= 15 is 0 Å². The third kappa shape index (κ3) is 6.30. The summed E-state index contributed by atoms with van der Waals surface area (Å²) in [6.45, 7) is 3.27. The number of nitrogens with one attached hydrogen (secondary N) is 2. The molecule has 2 amide bonds. The van der Waals surface area contributed by atoms with Crippen LogP contribution >= 0.6 is 0 Å². The lowest BCUT2D eigenvalue weighted by Gasteiger charge is -2.09. The van der Waals surface area contributed by atoms with Gasteiger partial charge in [0.15, 0.2) is 0 Å². The molecule has 0 aromatic rings. The van der Waals surface area contributed by atoms with Crippen molar-refractivity contribution in [2.24, 2.45) is 5.73 Å². The SMILES string of the molecule is NC(=O)NCCNCCCC1CCCO1. The van der Waals surface area contributed by atoms with Crippen molar-refractivity contribution >= 4 is 6.03 Å². The van der Waals surface area contributed by atoms with Crippen molar-refractivity contribution in [2.45, 2.75) is 31.8 Å². The monoisotopic (exact) mass is 215 g/mol. The Kier molecular flexibility index (Phi) is 6.11. The maximum Gasteiger partial charge on any atom is 0.312 e. The van der Waals surface area contributed by atoms with Gasteiger partial charge in [0.25, 0.3) is 0 Å². The van der Waals surface area contributed by atoms with Gasteiger partial charge in [-0.2, -0.15) is 0 Å². The summed E-state index contributed by atoms with van der Waals surface area (Å²) in [6.07, 6.45) is 5.16. The van der Waals surface area contributed by atoms with E-state index in [1.165, 1.54) is 12.8 Å². The zero-order valence-electron chi connectivity index (χ0n) is 9.13. The summed E-state index contributed by atoms with van der Waals surface area (Å²) >= 11 is 0. The van der Waals surface area contributed by atoms with Crippen molar-refractivity contribution in [3.05, 3.63) is 0 Å². The lowest BCUT2D eigenvalue weighted by Crippen LogP contribution is -2.35. The summed E-state index contributed by atoms with van der Waals surface area (Å²) in [4.78, 5) is 10.3. The molecule has 1 aliphatic rings. The average Bonchev–Trinajstić information content (AvgIpc) is 2.68. The predicted octanol–water partition coefficient (Wildman–Crippen LogP) is 0.203. The van der Waals surface area contributed by atoms with Crippen LogP contribution in [0.3, 0.4) is 0 Å². The lowest BCUT2D eigenvalue weighted by atomic mass is 10.1. The molecule has 1 fully saturated rings. The van der Waals surface area contributed by atoms with Gasteiger partial charge in [-0.05, 0) is 32.2 Å². The fourth-order valence-corrected chi connectivity index (χ4v) is 1.73. The molecule has 0 radical (unpaired) electrons. The maximum absolute atomic E-state index is 10.3. The molecule has 0 aliphatic carbocycles. The van der Waals surface area contributed by atoms with Crippen LogP contribution in [0, 0.1) is 0 Å². The second-order valence-electron chi connectivity index (χ2n) is 3.82. The van der Waals surface area contributed by atoms with Crippen LogP contribution in [0.15, 0.2) is 0 Å². The first-order chi connectivity index (χ1) is 7.29. The van der Waals surface area contributed by atoms with Crippen molar-refractivity contribution in [1.82, 2.24) is 10.6 Å². The van der Waals surface area contributed by atoms with Gasteiger partial charge < -0.3 is 21.1 Å². The lowest BCUT2D eigenvalue weighted by molar-refractivity contribution is 0.102. The zero-order chi connectivity index (χ0) is 10.9. The minimum Gasteiger partial charge on any atom is -0.378 e. The molecule has 5 heteroatoms. The van der Waals surface area contributed by atoms with Gasteiger partial charge in [-0.25, -0.2) is 4.79 Å². The number of carbonyl (C=O) groups is 1. The topological polar surface area (TPSA) is 76.4 Å². The van der Waals surface area contributed by atoms with E-state index in [0.29, 0.717) is 12.6 Å². The maximum atomic E-state index is 10.3. The van der Waals surface area contributed by atoms with E-state index in [4.69, 9.17) is 10.5 Å². The predicted molar refractivity (Wildman–Crippen MR) is 58.7 cm³/mol. The summed E-state index contributed by atoms with van der Waals surface area (Å²) in [7, 11) is 0.